The van der Waals surface area contributed by atoms with Crippen molar-refractivity contribution in [2.45, 2.75) is 32.4 Å². The normalized spacial score (nSPS) is 16.0. The molecule has 0 bridgehead atoms. The zero-order valence-electron chi connectivity index (χ0n) is 15.4. The van der Waals surface area contributed by atoms with E-state index in [-0.39, 0.29) is 17.9 Å². The molecule has 1 heterocycles. The van der Waals surface area contributed by atoms with Crippen LogP contribution >= 0.6 is 0 Å². The van der Waals surface area contributed by atoms with Gasteiger partial charge in [-0.1, -0.05) is 12.1 Å². The van der Waals surface area contributed by atoms with Gasteiger partial charge in [0, 0.05) is 31.3 Å². The van der Waals surface area contributed by atoms with E-state index in [0.29, 0.717) is 18.7 Å². The minimum Gasteiger partial charge on any atom is -0.491 e. The van der Waals surface area contributed by atoms with Gasteiger partial charge in [0.2, 0.25) is 5.91 Å². The van der Waals surface area contributed by atoms with E-state index in [4.69, 9.17) is 9.47 Å². The van der Waals surface area contributed by atoms with E-state index in [1.165, 1.54) is 6.92 Å². The molecule has 1 aliphatic rings. The Balaban J connectivity index is 1.46. The molecule has 6 heteroatoms. The molecule has 2 aromatic rings. The van der Waals surface area contributed by atoms with E-state index in [9.17, 15) is 9.59 Å². The fourth-order valence-corrected chi connectivity index (χ4v) is 2.86. The zero-order chi connectivity index (χ0) is 19.1. The number of benzene rings is 2. The molecule has 1 atom stereocenters. The van der Waals surface area contributed by atoms with Crippen molar-refractivity contribution in [1.29, 1.82) is 0 Å². The molecule has 2 N–H and O–H groups in total. The monoisotopic (exact) mass is 368 g/mol. The summed E-state index contributed by atoms with van der Waals surface area (Å²) in [5.41, 5.74) is 2.26. The van der Waals surface area contributed by atoms with Gasteiger partial charge >= 0.3 is 0 Å². The molecule has 27 heavy (non-hydrogen) atoms. The van der Waals surface area contributed by atoms with E-state index in [0.717, 1.165) is 36.4 Å². The maximum atomic E-state index is 12.3. The Labute approximate surface area is 158 Å². The van der Waals surface area contributed by atoms with Crippen molar-refractivity contribution in [3.8, 4) is 5.75 Å². The predicted molar refractivity (Wildman–Crippen MR) is 103 cm³/mol. The van der Waals surface area contributed by atoms with Crippen molar-refractivity contribution >= 4 is 17.5 Å². The van der Waals surface area contributed by atoms with Crippen molar-refractivity contribution in [1.82, 2.24) is 5.32 Å². The standard InChI is InChI=1S/C21H24N2O4/c1-15(24)23-18-8-4-16(5-9-18)13-22-21(25)17-6-10-19(11-7-17)27-14-20-3-2-12-26-20/h4-11,20H,2-3,12-14H2,1H3,(H,22,25)(H,23,24)/t20-/m0/s1. The van der Waals surface area contributed by atoms with Crippen molar-refractivity contribution in [3.63, 3.8) is 0 Å². The molecule has 1 saturated heterocycles. The van der Waals surface area contributed by atoms with Crippen LogP contribution in [0.4, 0.5) is 5.69 Å². The average Bonchev–Trinajstić information content (AvgIpc) is 3.19. The number of hydrogen-bond acceptors (Lipinski definition) is 4. The molecular weight excluding hydrogens is 344 g/mol. The van der Waals surface area contributed by atoms with E-state index >= 15 is 0 Å². The number of ether oxygens (including phenoxy) is 2. The Morgan fingerprint density at radius 3 is 2.48 bits per heavy atom. The molecule has 3 rings (SSSR count). The SMILES string of the molecule is CC(=O)Nc1ccc(CNC(=O)c2ccc(OC[C@@H]3CCCO3)cc2)cc1. The third-order valence-electron chi connectivity index (χ3n) is 4.30. The lowest BCUT2D eigenvalue weighted by atomic mass is 10.1. The van der Waals surface area contributed by atoms with Gasteiger partial charge in [0.15, 0.2) is 0 Å². The first-order valence-corrected chi connectivity index (χ1v) is 9.09. The topological polar surface area (TPSA) is 76.7 Å². The lowest BCUT2D eigenvalue weighted by Gasteiger charge is -2.12. The summed E-state index contributed by atoms with van der Waals surface area (Å²) in [5.74, 6) is 0.474. The highest BCUT2D eigenvalue weighted by molar-refractivity contribution is 5.94. The van der Waals surface area contributed by atoms with Crippen LogP contribution < -0.4 is 15.4 Å². The molecule has 1 fully saturated rings. The summed E-state index contributed by atoms with van der Waals surface area (Å²) in [5, 5.41) is 5.59. The number of carbonyl (C=O) groups is 2. The van der Waals surface area contributed by atoms with Crippen molar-refractivity contribution in [2.75, 3.05) is 18.5 Å². The number of nitrogens with one attached hydrogen (secondary N) is 2. The summed E-state index contributed by atoms with van der Waals surface area (Å²) < 4.78 is 11.2. The Morgan fingerprint density at radius 1 is 1.11 bits per heavy atom. The molecule has 0 unspecified atom stereocenters. The first-order valence-electron chi connectivity index (χ1n) is 9.09. The minimum atomic E-state index is -0.147. The van der Waals surface area contributed by atoms with Crippen LogP contribution in [0.5, 0.6) is 5.75 Å². The third kappa shape index (κ3) is 5.82. The Morgan fingerprint density at radius 2 is 1.85 bits per heavy atom. The second-order valence-corrected chi connectivity index (χ2v) is 6.53. The average molecular weight is 368 g/mol. The molecule has 142 valence electrons. The number of carbonyl (C=O) groups excluding carboxylic acids is 2. The maximum absolute atomic E-state index is 12.3. The first-order chi connectivity index (χ1) is 13.1. The second kappa shape index (κ2) is 9.19. The van der Waals surface area contributed by atoms with E-state index < -0.39 is 0 Å². The highest BCUT2D eigenvalue weighted by atomic mass is 16.5. The molecular formula is C21H24N2O4. The predicted octanol–water partition coefficient (Wildman–Crippen LogP) is 3.13. The van der Waals surface area contributed by atoms with Gasteiger partial charge in [-0.2, -0.15) is 0 Å². The van der Waals surface area contributed by atoms with Crippen LogP contribution in [0.3, 0.4) is 0 Å². The van der Waals surface area contributed by atoms with Gasteiger partial charge in [-0.25, -0.2) is 0 Å². The Bertz CT molecular complexity index is 766. The van der Waals surface area contributed by atoms with Crippen LogP contribution in [0, 0.1) is 0 Å². The van der Waals surface area contributed by atoms with Gasteiger partial charge in [0.25, 0.3) is 5.91 Å². The third-order valence-corrected chi connectivity index (χ3v) is 4.30. The highest BCUT2D eigenvalue weighted by Crippen LogP contribution is 2.17. The summed E-state index contributed by atoms with van der Waals surface area (Å²) in [7, 11) is 0. The Kier molecular flexibility index (Phi) is 6.44. The van der Waals surface area contributed by atoms with Crippen LogP contribution in [0.2, 0.25) is 0 Å². The summed E-state index contributed by atoms with van der Waals surface area (Å²) in [6, 6.07) is 14.5. The van der Waals surface area contributed by atoms with Crippen LogP contribution in [-0.4, -0.2) is 31.1 Å². The molecule has 1 aliphatic heterocycles. The summed E-state index contributed by atoms with van der Waals surface area (Å²) in [4.78, 5) is 23.3. The van der Waals surface area contributed by atoms with Crippen LogP contribution in [0.25, 0.3) is 0 Å². The Hall–Kier alpha value is -2.86. The van der Waals surface area contributed by atoms with Crippen molar-refractivity contribution in [3.05, 3.63) is 59.7 Å². The number of amides is 2. The molecule has 6 nitrogen and oxygen atoms in total. The van der Waals surface area contributed by atoms with Crippen LogP contribution in [0.15, 0.2) is 48.5 Å². The molecule has 0 aromatic heterocycles. The molecule has 0 radical (unpaired) electrons. The minimum absolute atomic E-state index is 0.112. The van der Waals surface area contributed by atoms with Gasteiger partial charge in [0.05, 0.1) is 6.10 Å². The lowest BCUT2D eigenvalue weighted by molar-refractivity contribution is -0.114. The van der Waals surface area contributed by atoms with Crippen molar-refractivity contribution in [2.24, 2.45) is 0 Å². The molecule has 2 amide bonds. The quantitative estimate of drug-likeness (QED) is 0.787. The van der Waals surface area contributed by atoms with E-state index in [2.05, 4.69) is 10.6 Å². The molecule has 0 aliphatic carbocycles. The fraction of sp³-hybridized carbons (Fsp3) is 0.333. The van der Waals surface area contributed by atoms with Crippen LogP contribution in [0.1, 0.15) is 35.7 Å². The van der Waals surface area contributed by atoms with Gasteiger partial charge < -0.3 is 20.1 Å². The maximum Gasteiger partial charge on any atom is 0.251 e. The second-order valence-electron chi connectivity index (χ2n) is 6.53. The zero-order valence-corrected chi connectivity index (χ0v) is 15.4. The smallest absolute Gasteiger partial charge is 0.251 e. The van der Waals surface area contributed by atoms with E-state index in [1.54, 1.807) is 24.3 Å². The first kappa shape index (κ1) is 18.9. The summed E-state index contributed by atoms with van der Waals surface area (Å²) in [6.07, 6.45) is 2.29. The molecule has 2 aromatic carbocycles. The number of rotatable bonds is 7. The van der Waals surface area contributed by atoms with Crippen molar-refractivity contribution < 1.29 is 19.1 Å². The van der Waals surface area contributed by atoms with Gasteiger partial charge in [-0.15, -0.1) is 0 Å². The lowest BCUT2D eigenvalue weighted by Crippen LogP contribution is -2.22. The fourth-order valence-electron chi connectivity index (χ4n) is 2.86. The van der Waals surface area contributed by atoms with Gasteiger partial charge in [-0.3, -0.25) is 9.59 Å². The van der Waals surface area contributed by atoms with Gasteiger partial charge in [0.1, 0.15) is 12.4 Å². The number of hydrogen-bond donors (Lipinski definition) is 2. The molecule has 0 spiro atoms. The molecule has 0 saturated carbocycles. The number of anilines is 1. The van der Waals surface area contributed by atoms with Gasteiger partial charge in [-0.05, 0) is 54.8 Å². The largest absolute Gasteiger partial charge is 0.491 e. The summed E-state index contributed by atoms with van der Waals surface area (Å²) in [6.45, 7) is 3.23. The summed E-state index contributed by atoms with van der Waals surface area (Å²) >= 11 is 0. The van der Waals surface area contributed by atoms with Crippen LogP contribution in [-0.2, 0) is 16.1 Å². The highest BCUT2D eigenvalue weighted by Gasteiger charge is 2.16. The van der Waals surface area contributed by atoms with E-state index in [1.807, 2.05) is 24.3 Å².